The van der Waals surface area contributed by atoms with Gasteiger partial charge in [-0.3, -0.25) is 4.79 Å². The molecule has 0 unspecified atom stereocenters. The number of aromatic nitrogens is 2. The number of fused-ring (bicyclic) bond motifs is 1. The van der Waals surface area contributed by atoms with Crippen LogP contribution in [0.4, 0.5) is 0 Å². The molecule has 0 aliphatic heterocycles. The van der Waals surface area contributed by atoms with Crippen LogP contribution in [0.15, 0.2) is 58.4 Å². The van der Waals surface area contributed by atoms with Gasteiger partial charge in [0.2, 0.25) is 0 Å². The highest BCUT2D eigenvalue weighted by Crippen LogP contribution is 2.34. The summed E-state index contributed by atoms with van der Waals surface area (Å²) in [5.41, 5.74) is 5.00. The lowest BCUT2D eigenvalue weighted by Gasteiger charge is -2.18. The van der Waals surface area contributed by atoms with E-state index in [4.69, 9.17) is 24.3 Å². The van der Waals surface area contributed by atoms with Crippen LogP contribution in [-0.2, 0) is 0 Å². The number of benzene rings is 3. The topological polar surface area (TPSA) is 74.9 Å². The van der Waals surface area contributed by atoms with Gasteiger partial charge in [0.15, 0.2) is 17.3 Å². The summed E-state index contributed by atoms with van der Waals surface area (Å²) in [5.74, 6) is 2.87. The minimum atomic E-state index is -0.236. The fourth-order valence-electron chi connectivity index (χ4n) is 4.55. The minimum absolute atomic E-state index is 0.221. The van der Waals surface area contributed by atoms with Crippen LogP contribution in [0.25, 0.3) is 22.3 Å². The minimum Gasteiger partial charge on any atom is -0.494 e. The number of hydrogen-bond acceptors (Lipinski definition) is 6. The standard InChI is InChI=1S/C32H37N3O4/c1-8-37-28-16-22(7)26(18-25(28)20(4)5)31-34-27-14-12-11-13-24(27)32(36)35(31)33-19-23-17-30(39-10-3)29(38-9-2)15-21(23)6/h11-20H,8-10H2,1-7H3. The zero-order valence-corrected chi connectivity index (χ0v) is 23.9. The average molecular weight is 528 g/mol. The summed E-state index contributed by atoms with van der Waals surface area (Å²) in [5, 5.41) is 5.21. The Morgan fingerprint density at radius 1 is 0.872 bits per heavy atom. The van der Waals surface area contributed by atoms with Gasteiger partial charge in [-0.05, 0) is 93.6 Å². The van der Waals surface area contributed by atoms with Gasteiger partial charge in [0.25, 0.3) is 5.56 Å². The summed E-state index contributed by atoms with van der Waals surface area (Å²) in [7, 11) is 0. The second kappa shape index (κ2) is 12.2. The fourth-order valence-corrected chi connectivity index (χ4v) is 4.55. The lowest BCUT2D eigenvalue weighted by molar-refractivity contribution is 0.287. The predicted octanol–water partition coefficient (Wildman–Crippen LogP) is 6.88. The van der Waals surface area contributed by atoms with Gasteiger partial charge in [-0.1, -0.05) is 26.0 Å². The Labute approximate surface area is 230 Å². The largest absolute Gasteiger partial charge is 0.494 e. The smallest absolute Gasteiger partial charge is 0.282 e. The predicted molar refractivity (Wildman–Crippen MR) is 158 cm³/mol. The van der Waals surface area contributed by atoms with Crippen molar-refractivity contribution in [2.75, 3.05) is 19.8 Å². The van der Waals surface area contributed by atoms with E-state index in [-0.39, 0.29) is 11.5 Å². The highest BCUT2D eigenvalue weighted by atomic mass is 16.5. The van der Waals surface area contributed by atoms with Crippen LogP contribution in [0.5, 0.6) is 17.2 Å². The van der Waals surface area contributed by atoms with Gasteiger partial charge in [0, 0.05) is 11.1 Å². The zero-order chi connectivity index (χ0) is 28.1. The van der Waals surface area contributed by atoms with E-state index in [2.05, 4.69) is 19.9 Å². The van der Waals surface area contributed by atoms with E-state index in [0.29, 0.717) is 48.0 Å². The van der Waals surface area contributed by atoms with E-state index < -0.39 is 0 Å². The molecule has 1 heterocycles. The van der Waals surface area contributed by atoms with Crippen molar-refractivity contribution in [3.8, 4) is 28.6 Å². The molecule has 0 fully saturated rings. The SMILES string of the molecule is CCOc1cc(C)c(C=Nn2c(-c3cc(C(C)C)c(OCC)cc3C)nc3ccccc3c2=O)cc1OCC. The summed E-state index contributed by atoms with van der Waals surface area (Å²) in [6.07, 6.45) is 1.68. The maximum Gasteiger partial charge on any atom is 0.282 e. The number of para-hydroxylation sites is 1. The summed E-state index contributed by atoms with van der Waals surface area (Å²) in [6, 6.07) is 15.3. The normalized spacial score (nSPS) is 11.5. The third-order valence-electron chi connectivity index (χ3n) is 6.52. The Morgan fingerprint density at radius 3 is 2.15 bits per heavy atom. The van der Waals surface area contributed by atoms with Crippen molar-refractivity contribution in [3.05, 3.63) is 81.1 Å². The maximum atomic E-state index is 13.8. The molecule has 7 nitrogen and oxygen atoms in total. The molecule has 3 aromatic carbocycles. The average Bonchev–Trinajstić information content (AvgIpc) is 2.90. The van der Waals surface area contributed by atoms with Crippen molar-refractivity contribution in [1.82, 2.24) is 9.66 Å². The Hall–Kier alpha value is -4.13. The van der Waals surface area contributed by atoms with E-state index in [0.717, 1.165) is 33.6 Å². The molecule has 0 atom stereocenters. The van der Waals surface area contributed by atoms with Crippen LogP contribution in [0.2, 0.25) is 0 Å². The molecule has 0 spiro atoms. The van der Waals surface area contributed by atoms with E-state index >= 15 is 0 Å². The molecule has 39 heavy (non-hydrogen) atoms. The third kappa shape index (κ3) is 5.82. The third-order valence-corrected chi connectivity index (χ3v) is 6.52. The van der Waals surface area contributed by atoms with Crippen LogP contribution in [0.3, 0.4) is 0 Å². The fraction of sp³-hybridized carbons (Fsp3) is 0.344. The Morgan fingerprint density at radius 2 is 1.49 bits per heavy atom. The zero-order valence-electron chi connectivity index (χ0n) is 23.9. The van der Waals surface area contributed by atoms with E-state index in [1.165, 1.54) is 4.68 Å². The number of nitrogens with zero attached hydrogens (tertiary/aromatic N) is 3. The van der Waals surface area contributed by atoms with Gasteiger partial charge in [-0.15, -0.1) is 0 Å². The molecule has 0 amide bonds. The van der Waals surface area contributed by atoms with Crippen LogP contribution in [0.1, 0.15) is 62.8 Å². The van der Waals surface area contributed by atoms with Crippen LogP contribution in [0, 0.1) is 13.8 Å². The Bertz CT molecular complexity index is 1570. The second-order valence-electron chi connectivity index (χ2n) is 9.63. The summed E-state index contributed by atoms with van der Waals surface area (Å²) >= 11 is 0. The molecule has 4 aromatic rings. The van der Waals surface area contributed by atoms with Gasteiger partial charge in [-0.2, -0.15) is 9.78 Å². The van der Waals surface area contributed by atoms with Gasteiger partial charge in [0.1, 0.15) is 5.75 Å². The molecule has 7 heteroatoms. The lowest BCUT2D eigenvalue weighted by atomic mass is 9.96. The Balaban J connectivity index is 1.94. The first kappa shape index (κ1) is 27.9. The highest BCUT2D eigenvalue weighted by molar-refractivity contribution is 5.84. The molecule has 0 bridgehead atoms. The number of aryl methyl sites for hydroxylation is 2. The number of rotatable bonds is 10. The summed E-state index contributed by atoms with van der Waals surface area (Å²) < 4.78 is 18.9. The van der Waals surface area contributed by atoms with Crippen LogP contribution in [-0.4, -0.2) is 35.7 Å². The van der Waals surface area contributed by atoms with Gasteiger partial charge in [-0.25, -0.2) is 4.98 Å². The summed E-state index contributed by atoms with van der Waals surface area (Å²) in [6.45, 7) is 15.7. The van der Waals surface area contributed by atoms with Gasteiger partial charge in [0.05, 0.1) is 36.9 Å². The van der Waals surface area contributed by atoms with Crippen molar-refractivity contribution in [1.29, 1.82) is 0 Å². The Kier molecular flexibility index (Phi) is 8.69. The molecule has 0 saturated carbocycles. The van der Waals surface area contributed by atoms with Crippen molar-refractivity contribution < 1.29 is 14.2 Å². The van der Waals surface area contributed by atoms with Gasteiger partial charge >= 0.3 is 0 Å². The molecule has 4 rings (SSSR count). The first-order valence-electron chi connectivity index (χ1n) is 13.5. The molecule has 1 aromatic heterocycles. The van der Waals surface area contributed by atoms with Crippen molar-refractivity contribution in [2.45, 2.75) is 54.4 Å². The second-order valence-corrected chi connectivity index (χ2v) is 9.63. The van der Waals surface area contributed by atoms with E-state index in [1.54, 1.807) is 12.3 Å². The van der Waals surface area contributed by atoms with E-state index in [1.807, 2.05) is 71.0 Å². The molecular formula is C32H37N3O4. The lowest BCUT2D eigenvalue weighted by Crippen LogP contribution is -2.21. The van der Waals surface area contributed by atoms with Crippen LogP contribution < -0.4 is 19.8 Å². The highest BCUT2D eigenvalue weighted by Gasteiger charge is 2.19. The van der Waals surface area contributed by atoms with Crippen molar-refractivity contribution in [3.63, 3.8) is 0 Å². The molecule has 0 N–H and O–H groups in total. The molecule has 0 aliphatic carbocycles. The van der Waals surface area contributed by atoms with Crippen LogP contribution >= 0.6 is 0 Å². The van der Waals surface area contributed by atoms with Crippen molar-refractivity contribution >= 4 is 17.1 Å². The maximum absolute atomic E-state index is 13.8. The first-order valence-corrected chi connectivity index (χ1v) is 13.5. The summed E-state index contributed by atoms with van der Waals surface area (Å²) in [4.78, 5) is 18.7. The number of hydrogen-bond donors (Lipinski definition) is 0. The molecule has 0 aliphatic rings. The van der Waals surface area contributed by atoms with E-state index in [9.17, 15) is 4.79 Å². The molecule has 204 valence electrons. The van der Waals surface area contributed by atoms with Gasteiger partial charge < -0.3 is 14.2 Å². The number of ether oxygens (including phenoxy) is 3. The molecular weight excluding hydrogens is 490 g/mol. The quantitative estimate of drug-likeness (QED) is 0.210. The van der Waals surface area contributed by atoms with Crippen molar-refractivity contribution in [2.24, 2.45) is 5.10 Å². The first-order chi connectivity index (χ1) is 18.8. The monoisotopic (exact) mass is 527 g/mol. The molecule has 0 radical (unpaired) electrons. The molecule has 0 saturated heterocycles.